The summed E-state index contributed by atoms with van der Waals surface area (Å²) >= 11 is 0. The molecule has 0 spiro atoms. The van der Waals surface area contributed by atoms with E-state index in [0.717, 1.165) is 73.7 Å². The van der Waals surface area contributed by atoms with Gasteiger partial charge in [0.05, 0.1) is 20.3 Å². The summed E-state index contributed by atoms with van der Waals surface area (Å²) in [5.41, 5.74) is 25.2. The lowest BCUT2D eigenvalue weighted by molar-refractivity contribution is 0.411. The van der Waals surface area contributed by atoms with Crippen LogP contribution in [0.25, 0.3) is 23.3 Å². The van der Waals surface area contributed by atoms with Gasteiger partial charge in [0.1, 0.15) is 11.5 Å². The fourth-order valence-corrected chi connectivity index (χ4v) is 5.49. The highest BCUT2D eigenvalue weighted by atomic mass is 16.5. The summed E-state index contributed by atoms with van der Waals surface area (Å²) in [6, 6.07) is 30.9. The second kappa shape index (κ2) is 11.7. The Bertz CT molecular complexity index is 1610. The van der Waals surface area contributed by atoms with E-state index in [-0.39, 0.29) is 6.04 Å². The van der Waals surface area contributed by atoms with Crippen LogP contribution in [0.4, 0.5) is 5.69 Å². The van der Waals surface area contributed by atoms with Crippen molar-refractivity contribution in [3.63, 3.8) is 0 Å². The van der Waals surface area contributed by atoms with Crippen molar-refractivity contribution in [1.29, 1.82) is 0 Å². The van der Waals surface area contributed by atoms with Crippen molar-refractivity contribution in [2.45, 2.75) is 26.3 Å². The molecule has 1 aliphatic carbocycles. The maximum atomic E-state index is 7.16. The Morgan fingerprint density at radius 3 is 1.82 bits per heavy atom. The normalized spacial score (nSPS) is 17.4. The predicted octanol–water partition coefficient (Wildman–Crippen LogP) is 7.71. The summed E-state index contributed by atoms with van der Waals surface area (Å²) in [6.07, 6.45) is 5.17. The van der Waals surface area contributed by atoms with Crippen LogP contribution in [0.3, 0.4) is 0 Å². The number of ether oxygens (including phenoxy) is 2. The minimum atomic E-state index is -0.294. The zero-order valence-corrected chi connectivity index (χ0v) is 23.6. The lowest BCUT2D eigenvalue weighted by atomic mass is 9.74. The van der Waals surface area contributed by atoms with Crippen LogP contribution in [0.5, 0.6) is 11.5 Å². The monoisotopic (exact) mass is 528 g/mol. The minimum Gasteiger partial charge on any atom is -0.496 e. The Morgan fingerprint density at radius 1 is 0.700 bits per heavy atom. The minimum absolute atomic E-state index is 0.294. The number of hydrogen-bond acceptors (Lipinski definition) is 4. The number of methoxy groups -OCH3 is 2. The topological polar surface area (TPSA) is 70.5 Å². The highest BCUT2D eigenvalue weighted by molar-refractivity contribution is 6.04. The summed E-state index contributed by atoms with van der Waals surface area (Å²) in [5, 5.41) is 0. The molecule has 0 aromatic heterocycles. The first-order valence-electron chi connectivity index (χ1n) is 13.5. The first-order valence-corrected chi connectivity index (χ1v) is 13.5. The maximum Gasteiger partial charge on any atom is 0.121 e. The molecule has 1 atom stereocenters. The van der Waals surface area contributed by atoms with Crippen LogP contribution >= 0.6 is 0 Å². The Labute approximate surface area is 237 Å². The average molecular weight is 529 g/mol. The van der Waals surface area contributed by atoms with Crippen LogP contribution in [-0.4, -0.2) is 20.3 Å². The largest absolute Gasteiger partial charge is 0.496 e. The number of benzene rings is 4. The number of nitrogens with two attached hydrogens (primary N) is 2. The molecule has 1 unspecified atom stereocenters. The number of allylic oxidation sites excluding steroid dienone is 1. The lowest BCUT2D eigenvalue weighted by Gasteiger charge is -2.32. The third-order valence-corrected chi connectivity index (χ3v) is 7.54. The molecule has 202 valence electrons. The molecular formula is C36H36N2O2. The highest BCUT2D eigenvalue weighted by Crippen LogP contribution is 2.45. The van der Waals surface area contributed by atoms with E-state index in [1.54, 1.807) is 14.2 Å². The third-order valence-electron chi connectivity index (χ3n) is 7.54. The first kappa shape index (κ1) is 27.0. The Morgan fingerprint density at radius 2 is 1.27 bits per heavy atom. The number of rotatable bonds is 6. The molecule has 4 aromatic carbocycles. The van der Waals surface area contributed by atoms with Gasteiger partial charge in [-0.05, 0) is 118 Å². The first-order chi connectivity index (χ1) is 19.4. The standard InChI is InChI=1S/C36H36N2O2/c1-23-18-25(10-16-33(23)39-3)20-29-22-31(27-12-14-30(37)15-13-27)35(28-8-6-5-7-9-28)32(36(29)38)21-26-11-17-34(40-4)24(2)19-26/h5-21,36H,22,37-38H2,1-4H3. The second-order valence-electron chi connectivity index (χ2n) is 10.3. The Balaban J connectivity index is 1.75. The molecule has 5 rings (SSSR count). The van der Waals surface area contributed by atoms with E-state index in [1.807, 2.05) is 30.3 Å². The molecule has 0 bridgehead atoms. The Hall–Kier alpha value is -4.54. The van der Waals surface area contributed by atoms with E-state index in [1.165, 1.54) is 5.57 Å². The van der Waals surface area contributed by atoms with Gasteiger partial charge in [0.2, 0.25) is 0 Å². The quantitative estimate of drug-likeness (QED) is 0.251. The highest BCUT2D eigenvalue weighted by Gasteiger charge is 2.29. The second-order valence-corrected chi connectivity index (χ2v) is 10.3. The number of hydrogen-bond donors (Lipinski definition) is 2. The van der Waals surface area contributed by atoms with Crippen molar-refractivity contribution in [2.75, 3.05) is 20.0 Å². The molecule has 0 amide bonds. The van der Waals surface area contributed by atoms with E-state index in [2.05, 4.69) is 86.7 Å². The van der Waals surface area contributed by atoms with E-state index < -0.39 is 0 Å². The van der Waals surface area contributed by atoms with Crippen molar-refractivity contribution in [3.05, 3.63) is 136 Å². The van der Waals surface area contributed by atoms with E-state index in [0.29, 0.717) is 0 Å². The zero-order valence-electron chi connectivity index (χ0n) is 23.6. The van der Waals surface area contributed by atoms with Crippen LogP contribution in [0.2, 0.25) is 0 Å². The van der Waals surface area contributed by atoms with Crippen LogP contribution < -0.4 is 20.9 Å². The molecule has 4 aromatic rings. The molecule has 0 saturated heterocycles. The summed E-state index contributed by atoms with van der Waals surface area (Å²) < 4.78 is 11.0. The van der Waals surface area contributed by atoms with Crippen LogP contribution in [0.15, 0.2) is 102 Å². The van der Waals surface area contributed by atoms with Gasteiger partial charge in [0.25, 0.3) is 0 Å². The van der Waals surface area contributed by atoms with Gasteiger partial charge in [-0.25, -0.2) is 0 Å². The number of anilines is 1. The van der Waals surface area contributed by atoms with E-state index in [4.69, 9.17) is 20.9 Å². The Kier molecular flexibility index (Phi) is 7.90. The number of nitrogen functional groups attached to an aromatic ring is 1. The van der Waals surface area contributed by atoms with Gasteiger partial charge in [-0.3, -0.25) is 0 Å². The summed E-state index contributed by atoms with van der Waals surface area (Å²) in [4.78, 5) is 0. The van der Waals surface area contributed by atoms with Gasteiger partial charge in [0, 0.05) is 5.69 Å². The van der Waals surface area contributed by atoms with E-state index in [9.17, 15) is 0 Å². The van der Waals surface area contributed by atoms with Gasteiger partial charge >= 0.3 is 0 Å². The fourth-order valence-electron chi connectivity index (χ4n) is 5.49. The fraction of sp³-hybridized carbons (Fsp3) is 0.167. The molecule has 4 N–H and O–H groups in total. The molecule has 0 fully saturated rings. The maximum absolute atomic E-state index is 7.16. The molecule has 4 nitrogen and oxygen atoms in total. The van der Waals surface area contributed by atoms with Crippen molar-refractivity contribution in [1.82, 2.24) is 0 Å². The molecule has 1 aliphatic rings. The molecular weight excluding hydrogens is 492 g/mol. The molecule has 40 heavy (non-hydrogen) atoms. The molecule has 0 heterocycles. The molecule has 4 heteroatoms. The lowest BCUT2D eigenvalue weighted by Crippen LogP contribution is -2.29. The zero-order chi connectivity index (χ0) is 28.2. The van der Waals surface area contributed by atoms with Crippen LogP contribution in [-0.2, 0) is 0 Å². The van der Waals surface area contributed by atoms with Crippen molar-refractivity contribution < 1.29 is 9.47 Å². The van der Waals surface area contributed by atoms with Gasteiger partial charge in [-0.2, -0.15) is 0 Å². The third kappa shape index (κ3) is 5.58. The van der Waals surface area contributed by atoms with Gasteiger partial charge in [-0.1, -0.05) is 60.7 Å². The van der Waals surface area contributed by atoms with Gasteiger partial charge in [0.15, 0.2) is 0 Å². The summed E-state index contributed by atoms with van der Waals surface area (Å²) in [6.45, 7) is 4.12. The van der Waals surface area contributed by atoms with Gasteiger partial charge < -0.3 is 20.9 Å². The average Bonchev–Trinajstić information content (AvgIpc) is 2.96. The van der Waals surface area contributed by atoms with Crippen LogP contribution in [0.1, 0.15) is 39.8 Å². The molecule has 0 aliphatic heterocycles. The predicted molar refractivity (Wildman–Crippen MR) is 168 cm³/mol. The van der Waals surface area contributed by atoms with Gasteiger partial charge in [-0.15, -0.1) is 0 Å². The SMILES string of the molecule is COc1ccc(C=C2CC(c3ccc(N)cc3)=C(c3ccccc3)C(=Cc3ccc(OC)c(C)c3)C2N)cc1C. The summed E-state index contributed by atoms with van der Waals surface area (Å²) in [7, 11) is 3.40. The smallest absolute Gasteiger partial charge is 0.121 e. The molecule has 0 radical (unpaired) electrons. The van der Waals surface area contributed by atoms with Crippen molar-refractivity contribution >= 4 is 29.0 Å². The summed E-state index contributed by atoms with van der Waals surface area (Å²) in [5.74, 6) is 1.74. The van der Waals surface area contributed by atoms with Crippen LogP contribution in [0, 0.1) is 13.8 Å². The van der Waals surface area contributed by atoms with Crippen molar-refractivity contribution in [3.8, 4) is 11.5 Å². The van der Waals surface area contributed by atoms with Crippen molar-refractivity contribution in [2.24, 2.45) is 5.73 Å². The molecule has 0 saturated carbocycles. The van der Waals surface area contributed by atoms with E-state index >= 15 is 0 Å². The number of aryl methyl sites for hydroxylation is 2.